The summed E-state index contributed by atoms with van der Waals surface area (Å²) in [6.07, 6.45) is 3.93. The lowest BCUT2D eigenvalue weighted by Gasteiger charge is -2.22. The number of thiophene rings is 1. The van der Waals surface area contributed by atoms with Crippen molar-refractivity contribution in [1.82, 2.24) is 10.2 Å². The average molecular weight is 290 g/mol. The Morgan fingerprint density at radius 1 is 1.45 bits per heavy atom. The van der Waals surface area contributed by atoms with E-state index in [1.807, 2.05) is 12.1 Å². The molecular formula is C15H18N2O2S. The second-order valence-electron chi connectivity index (χ2n) is 5.00. The van der Waals surface area contributed by atoms with E-state index in [0.717, 1.165) is 25.1 Å². The van der Waals surface area contributed by atoms with Gasteiger partial charge >= 0.3 is 0 Å². The highest BCUT2D eigenvalue weighted by molar-refractivity contribution is 7.10. The molecule has 4 nitrogen and oxygen atoms in total. The Labute approximate surface area is 122 Å². The van der Waals surface area contributed by atoms with Crippen molar-refractivity contribution in [2.24, 2.45) is 0 Å². The first-order valence-corrected chi connectivity index (χ1v) is 7.77. The first kappa shape index (κ1) is 13.4. The Hall–Kier alpha value is -1.59. The van der Waals surface area contributed by atoms with Crippen molar-refractivity contribution in [3.8, 4) is 0 Å². The zero-order chi connectivity index (χ0) is 13.8. The monoisotopic (exact) mass is 290 g/mol. The van der Waals surface area contributed by atoms with Gasteiger partial charge in [-0.2, -0.15) is 0 Å². The zero-order valence-electron chi connectivity index (χ0n) is 11.2. The summed E-state index contributed by atoms with van der Waals surface area (Å²) in [5.41, 5.74) is 0. The number of amides is 1. The van der Waals surface area contributed by atoms with Crippen molar-refractivity contribution >= 4 is 17.2 Å². The average Bonchev–Trinajstić information content (AvgIpc) is 3.18. The van der Waals surface area contributed by atoms with Gasteiger partial charge in [0.05, 0.1) is 19.4 Å². The second kappa shape index (κ2) is 6.24. The summed E-state index contributed by atoms with van der Waals surface area (Å²) in [7, 11) is 0. The van der Waals surface area contributed by atoms with Gasteiger partial charge in [0.1, 0.15) is 5.76 Å². The fourth-order valence-electron chi connectivity index (χ4n) is 2.66. The number of nitrogens with zero attached hydrogens (tertiary/aromatic N) is 1. The molecule has 5 heteroatoms. The van der Waals surface area contributed by atoms with E-state index in [-0.39, 0.29) is 5.91 Å². The molecular weight excluding hydrogens is 272 g/mol. The van der Waals surface area contributed by atoms with Crippen molar-refractivity contribution in [2.45, 2.75) is 25.4 Å². The molecule has 0 spiro atoms. The van der Waals surface area contributed by atoms with Crippen LogP contribution in [0.25, 0.3) is 0 Å². The lowest BCUT2D eigenvalue weighted by atomic mass is 10.2. The molecule has 3 rings (SSSR count). The molecule has 0 saturated carbocycles. The van der Waals surface area contributed by atoms with E-state index in [0.29, 0.717) is 19.1 Å². The molecule has 106 valence electrons. The molecule has 0 unspecified atom stereocenters. The largest absolute Gasteiger partial charge is 0.467 e. The molecule has 0 radical (unpaired) electrons. The molecule has 2 aromatic rings. The van der Waals surface area contributed by atoms with Gasteiger partial charge in [-0.05, 0) is 43.0 Å². The summed E-state index contributed by atoms with van der Waals surface area (Å²) in [6, 6.07) is 8.34. The van der Waals surface area contributed by atoms with Crippen LogP contribution in [0.4, 0.5) is 0 Å². The van der Waals surface area contributed by atoms with Gasteiger partial charge < -0.3 is 9.73 Å². The maximum Gasteiger partial charge on any atom is 0.234 e. The summed E-state index contributed by atoms with van der Waals surface area (Å²) in [4.78, 5) is 15.6. The van der Waals surface area contributed by atoms with Crippen LogP contribution in [0.1, 0.15) is 29.5 Å². The van der Waals surface area contributed by atoms with Crippen LogP contribution in [0.15, 0.2) is 40.3 Å². The number of carbonyl (C=O) groups is 1. The number of nitrogens with one attached hydrogen (secondary N) is 1. The van der Waals surface area contributed by atoms with E-state index >= 15 is 0 Å². The lowest BCUT2D eigenvalue weighted by molar-refractivity contribution is -0.122. The minimum Gasteiger partial charge on any atom is -0.467 e. The highest BCUT2D eigenvalue weighted by Crippen LogP contribution is 2.33. The SMILES string of the molecule is O=C(CN1CCC[C@H]1c1cccs1)NCc1ccco1. The van der Waals surface area contributed by atoms with E-state index in [2.05, 4.69) is 27.7 Å². The summed E-state index contributed by atoms with van der Waals surface area (Å²) < 4.78 is 5.21. The zero-order valence-corrected chi connectivity index (χ0v) is 12.1. The van der Waals surface area contributed by atoms with E-state index in [4.69, 9.17) is 4.42 Å². The van der Waals surface area contributed by atoms with Gasteiger partial charge in [0.15, 0.2) is 0 Å². The van der Waals surface area contributed by atoms with Gasteiger partial charge in [0.25, 0.3) is 0 Å². The quantitative estimate of drug-likeness (QED) is 0.921. The first-order valence-electron chi connectivity index (χ1n) is 6.89. The number of furan rings is 1. The molecule has 2 aromatic heterocycles. The standard InChI is InChI=1S/C15H18N2O2S/c18-15(16-10-12-4-2-8-19-12)11-17-7-1-5-13(17)14-6-3-9-20-14/h2-4,6,8-9,13H,1,5,7,10-11H2,(H,16,18)/t13-/m0/s1. The molecule has 1 aliphatic heterocycles. The van der Waals surface area contributed by atoms with Gasteiger partial charge in [0, 0.05) is 10.9 Å². The van der Waals surface area contributed by atoms with Crippen molar-refractivity contribution in [3.63, 3.8) is 0 Å². The molecule has 1 amide bonds. The van der Waals surface area contributed by atoms with Crippen LogP contribution < -0.4 is 5.32 Å². The van der Waals surface area contributed by atoms with Gasteiger partial charge in [-0.15, -0.1) is 11.3 Å². The third-order valence-corrected chi connectivity index (χ3v) is 4.60. The van der Waals surface area contributed by atoms with E-state index < -0.39 is 0 Å². The van der Waals surface area contributed by atoms with Crippen molar-refractivity contribution in [1.29, 1.82) is 0 Å². The van der Waals surface area contributed by atoms with Gasteiger partial charge in [0.2, 0.25) is 5.91 Å². The number of carbonyl (C=O) groups excluding carboxylic acids is 1. The van der Waals surface area contributed by atoms with E-state index in [9.17, 15) is 4.79 Å². The minimum atomic E-state index is 0.0601. The molecule has 20 heavy (non-hydrogen) atoms. The Bertz CT molecular complexity index is 536. The third-order valence-electron chi connectivity index (χ3n) is 3.62. The van der Waals surface area contributed by atoms with Crippen LogP contribution in [-0.2, 0) is 11.3 Å². The van der Waals surface area contributed by atoms with Gasteiger partial charge in [-0.3, -0.25) is 9.69 Å². The van der Waals surface area contributed by atoms with Crippen LogP contribution >= 0.6 is 11.3 Å². The normalized spacial score (nSPS) is 19.3. The molecule has 1 atom stereocenters. The molecule has 3 heterocycles. The van der Waals surface area contributed by atoms with Crippen LogP contribution in [-0.4, -0.2) is 23.9 Å². The molecule has 0 aromatic carbocycles. The van der Waals surface area contributed by atoms with Gasteiger partial charge in [-0.1, -0.05) is 6.07 Å². The summed E-state index contributed by atoms with van der Waals surface area (Å²) >= 11 is 1.77. The highest BCUT2D eigenvalue weighted by atomic mass is 32.1. The molecule has 1 N–H and O–H groups in total. The number of hydrogen-bond acceptors (Lipinski definition) is 4. The van der Waals surface area contributed by atoms with Crippen LogP contribution in [0, 0.1) is 0 Å². The smallest absolute Gasteiger partial charge is 0.234 e. The molecule has 0 aliphatic carbocycles. The number of rotatable bonds is 5. The Balaban J connectivity index is 1.52. The van der Waals surface area contributed by atoms with Crippen molar-refractivity contribution in [2.75, 3.05) is 13.1 Å². The Morgan fingerprint density at radius 2 is 2.40 bits per heavy atom. The maximum atomic E-state index is 12.0. The molecule has 1 fully saturated rings. The fraction of sp³-hybridized carbons (Fsp3) is 0.400. The summed E-state index contributed by atoms with van der Waals surface area (Å²) in [6.45, 7) is 1.92. The molecule has 1 aliphatic rings. The number of likely N-dealkylation sites (tertiary alicyclic amines) is 1. The number of hydrogen-bond donors (Lipinski definition) is 1. The van der Waals surface area contributed by atoms with Crippen LogP contribution in [0.2, 0.25) is 0 Å². The predicted molar refractivity (Wildman–Crippen MR) is 78.4 cm³/mol. The van der Waals surface area contributed by atoms with Crippen molar-refractivity contribution < 1.29 is 9.21 Å². The Kier molecular flexibility index (Phi) is 4.18. The van der Waals surface area contributed by atoms with Gasteiger partial charge in [-0.25, -0.2) is 0 Å². The lowest BCUT2D eigenvalue weighted by Crippen LogP contribution is -2.36. The molecule has 1 saturated heterocycles. The second-order valence-corrected chi connectivity index (χ2v) is 5.98. The predicted octanol–water partition coefficient (Wildman–Crippen LogP) is 2.79. The Morgan fingerprint density at radius 3 is 3.15 bits per heavy atom. The highest BCUT2D eigenvalue weighted by Gasteiger charge is 2.27. The fourth-order valence-corrected chi connectivity index (χ4v) is 3.55. The maximum absolute atomic E-state index is 12.0. The molecule has 0 bridgehead atoms. The van der Waals surface area contributed by atoms with Crippen LogP contribution in [0.5, 0.6) is 0 Å². The first-order chi connectivity index (χ1) is 9.83. The van der Waals surface area contributed by atoms with E-state index in [1.54, 1.807) is 17.6 Å². The third kappa shape index (κ3) is 3.11. The summed E-state index contributed by atoms with van der Waals surface area (Å²) in [5, 5.41) is 5.01. The van der Waals surface area contributed by atoms with Crippen molar-refractivity contribution in [3.05, 3.63) is 46.5 Å². The minimum absolute atomic E-state index is 0.0601. The van der Waals surface area contributed by atoms with Crippen LogP contribution in [0.3, 0.4) is 0 Å². The topological polar surface area (TPSA) is 45.5 Å². The summed E-state index contributed by atoms with van der Waals surface area (Å²) in [5.74, 6) is 0.847. The van der Waals surface area contributed by atoms with E-state index in [1.165, 1.54) is 4.88 Å².